The van der Waals surface area contributed by atoms with Crippen molar-refractivity contribution in [3.8, 4) is 0 Å². The predicted octanol–water partition coefficient (Wildman–Crippen LogP) is 1.56. The molecule has 0 spiro atoms. The molecule has 6 heteroatoms. The summed E-state index contributed by atoms with van der Waals surface area (Å²) in [5.41, 5.74) is 7.78. The summed E-state index contributed by atoms with van der Waals surface area (Å²) in [6.45, 7) is 5.63. The van der Waals surface area contributed by atoms with Gasteiger partial charge in [-0.2, -0.15) is 17.4 Å². The molecule has 21 heavy (non-hydrogen) atoms. The van der Waals surface area contributed by atoms with Crippen molar-refractivity contribution in [3.05, 3.63) is 35.4 Å². The molecule has 0 bridgehead atoms. The van der Waals surface area contributed by atoms with Gasteiger partial charge in [0.1, 0.15) is 0 Å². The van der Waals surface area contributed by atoms with E-state index in [9.17, 15) is 8.42 Å². The summed E-state index contributed by atoms with van der Waals surface area (Å²) in [5.74, 6) is 0.450. The largest absolute Gasteiger partial charge is 0.330 e. The Labute approximate surface area is 127 Å². The first-order valence-corrected chi connectivity index (χ1v) is 8.90. The van der Waals surface area contributed by atoms with Crippen molar-refractivity contribution in [2.75, 3.05) is 19.6 Å². The van der Waals surface area contributed by atoms with E-state index in [2.05, 4.69) is 4.72 Å². The van der Waals surface area contributed by atoms with Gasteiger partial charge in [-0.15, -0.1) is 0 Å². The van der Waals surface area contributed by atoms with Crippen molar-refractivity contribution in [3.63, 3.8) is 0 Å². The van der Waals surface area contributed by atoms with Gasteiger partial charge < -0.3 is 5.73 Å². The highest BCUT2D eigenvalue weighted by Crippen LogP contribution is 2.20. The minimum atomic E-state index is -3.43. The summed E-state index contributed by atoms with van der Waals surface area (Å²) in [4.78, 5) is 0. The molecule has 2 rings (SSSR count). The lowest BCUT2D eigenvalue weighted by Crippen LogP contribution is -2.46. The quantitative estimate of drug-likeness (QED) is 0.866. The molecule has 1 aliphatic heterocycles. The zero-order valence-corrected chi connectivity index (χ0v) is 13.6. The molecule has 1 unspecified atom stereocenters. The van der Waals surface area contributed by atoms with Crippen molar-refractivity contribution in [1.82, 2.24) is 9.03 Å². The average Bonchev–Trinajstić information content (AvgIpc) is 2.47. The van der Waals surface area contributed by atoms with Gasteiger partial charge in [-0.05, 0) is 44.7 Å². The summed E-state index contributed by atoms with van der Waals surface area (Å²) in [6, 6.07) is 7.68. The molecule has 0 aromatic heterocycles. The van der Waals surface area contributed by atoms with Gasteiger partial charge in [-0.1, -0.05) is 29.8 Å². The summed E-state index contributed by atoms with van der Waals surface area (Å²) in [6.07, 6.45) is 1.69. The molecule has 0 amide bonds. The van der Waals surface area contributed by atoms with Crippen LogP contribution in [0.25, 0.3) is 0 Å². The van der Waals surface area contributed by atoms with Crippen molar-refractivity contribution >= 4 is 10.2 Å². The van der Waals surface area contributed by atoms with Crippen LogP contribution in [0.3, 0.4) is 0 Å². The highest BCUT2D eigenvalue weighted by Gasteiger charge is 2.28. The van der Waals surface area contributed by atoms with E-state index in [0.29, 0.717) is 25.6 Å². The number of benzene rings is 1. The molecule has 1 aromatic rings. The van der Waals surface area contributed by atoms with E-state index in [1.807, 2.05) is 38.1 Å². The second kappa shape index (κ2) is 6.87. The number of hydrogen-bond acceptors (Lipinski definition) is 3. The monoisotopic (exact) mass is 311 g/mol. The van der Waals surface area contributed by atoms with E-state index in [4.69, 9.17) is 5.73 Å². The number of nitrogens with one attached hydrogen (secondary N) is 1. The number of nitrogens with two attached hydrogens (primary N) is 1. The standard InChI is InChI=1S/C15H25N3O2S/c1-12-3-5-15(6-4-12)13(2)17-21(19,20)18-9-7-14(11-16)8-10-18/h3-6,13-14,17H,7-11,16H2,1-2H3. The van der Waals surface area contributed by atoms with Crippen LogP contribution in [-0.2, 0) is 10.2 Å². The fourth-order valence-electron chi connectivity index (χ4n) is 2.61. The molecule has 1 fully saturated rings. The Morgan fingerprint density at radius 3 is 2.38 bits per heavy atom. The van der Waals surface area contributed by atoms with E-state index < -0.39 is 10.2 Å². The minimum absolute atomic E-state index is 0.233. The van der Waals surface area contributed by atoms with Crippen LogP contribution < -0.4 is 10.5 Å². The maximum absolute atomic E-state index is 12.4. The van der Waals surface area contributed by atoms with Gasteiger partial charge in [0.25, 0.3) is 10.2 Å². The van der Waals surface area contributed by atoms with Crippen molar-refractivity contribution < 1.29 is 8.42 Å². The average molecular weight is 311 g/mol. The molecular weight excluding hydrogens is 286 g/mol. The molecular formula is C15H25N3O2S. The lowest BCUT2D eigenvalue weighted by Gasteiger charge is -2.31. The second-order valence-corrected chi connectivity index (χ2v) is 7.54. The lowest BCUT2D eigenvalue weighted by molar-refractivity contribution is 0.274. The first kappa shape index (κ1) is 16.4. The maximum atomic E-state index is 12.4. The smallest absolute Gasteiger partial charge is 0.279 e. The third-order valence-corrected chi connectivity index (χ3v) is 5.85. The second-order valence-electron chi connectivity index (χ2n) is 5.83. The Kier molecular flexibility index (Phi) is 5.37. The van der Waals surface area contributed by atoms with Crippen LogP contribution in [0.5, 0.6) is 0 Å². The predicted molar refractivity (Wildman–Crippen MR) is 85.0 cm³/mol. The van der Waals surface area contributed by atoms with Crippen LogP contribution in [0.1, 0.15) is 36.9 Å². The topological polar surface area (TPSA) is 75.4 Å². The van der Waals surface area contributed by atoms with Crippen LogP contribution in [0.2, 0.25) is 0 Å². The lowest BCUT2D eigenvalue weighted by atomic mass is 9.99. The molecule has 0 radical (unpaired) electrons. The third-order valence-electron chi connectivity index (χ3n) is 4.15. The number of aryl methyl sites for hydroxylation is 1. The van der Waals surface area contributed by atoms with Crippen LogP contribution in [-0.4, -0.2) is 32.4 Å². The molecule has 1 aromatic carbocycles. The fourth-order valence-corrected chi connectivity index (χ4v) is 4.03. The molecule has 5 nitrogen and oxygen atoms in total. The molecule has 1 aliphatic rings. The number of nitrogens with zero attached hydrogens (tertiary/aromatic N) is 1. The van der Waals surface area contributed by atoms with E-state index in [0.717, 1.165) is 24.0 Å². The molecule has 1 saturated heterocycles. The van der Waals surface area contributed by atoms with E-state index in [-0.39, 0.29) is 6.04 Å². The number of rotatable bonds is 5. The van der Waals surface area contributed by atoms with Gasteiger partial charge in [0.15, 0.2) is 0 Å². The van der Waals surface area contributed by atoms with Crippen molar-refractivity contribution in [2.45, 2.75) is 32.7 Å². The van der Waals surface area contributed by atoms with E-state index in [1.165, 1.54) is 4.31 Å². The summed E-state index contributed by atoms with van der Waals surface area (Å²) in [5, 5.41) is 0. The highest BCUT2D eigenvalue weighted by molar-refractivity contribution is 7.87. The summed E-state index contributed by atoms with van der Waals surface area (Å²) >= 11 is 0. The van der Waals surface area contributed by atoms with Gasteiger partial charge in [-0.25, -0.2) is 0 Å². The number of piperidine rings is 1. The van der Waals surface area contributed by atoms with Gasteiger partial charge in [0.05, 0.1) is 0 Å². The van der Waals surface area contributed by atoms with Crippen molar-refractivity contribution in [1.29, 1.82) is 0 Å². The first-order chi connectivity index (χ1) is 9.92. The molecule has 1 heterocycles. The molecule has 0 aliphatic carbocycles. The van der Waals surface area contributed by atoms with Crippen molar-refractivity contribution in [2.24, 2.45) is 11.7 Å². The van der Waals surface area contributed by atoms with Gasteiger partial charge >= 0.3 is 0 Å². The Morgan fingerprint density at radius 1 is 1.29 bits per heavy atom. The zero-order chi connectivity index (χ0) is 15.5. The number of hydrogen-bond donors (Lipinski definition) is 2. The molecule has 0 saturated carbocycles. The summed E-state index contributed by atoms with van der Waals surface area (Å²) in [7, 11) is -3.43. The Hall–Kier alpha value is -0.950. The Bertz CT molecular complexity index is 549. The van der Waals surface area contributed by atoms with Gasteiger partial charge in [-0.3, -0.25) is 0 Å². The first-order valence-electron chi connectivity index (χ1n) is 7.46. The maximum Gasteiger partial charge on any atom is 0.279 e. The minimum Gasteiger partial charge on any atom is -0.330 e. The zero-order valence-electron chi connectivity index (χ0n) is 12.7. The van der Waals surface area contributed by atoms with Gasteiger partial charge in [0, 0.05) is 19.1 Å². The van der Waals surface area contributed by atoms with E-state index in [1.54, 1.807) is 0 Å². The van der Waals surface area contributed by atoms with Crippen LogP contribution in [0.4, 0.5) is 0 Å². The summed E-state index contributed by atoms with van der Waals surface area (Å²) < 4.78 is 29.1. The normalized spacial score (nSPS) is 19.6. The van der Waals surface area contributed by atoms with Crippen LogP contribution in [0, 0.1) is 12.8 Å². The SMILES string of the molecule is Cc1ccc(C(C)NS(=O)(=O)N2CCC(CN)CC2)cc1. The fraction of sp³-hybridized carbons (Fsp3) is 0.600. The molecule has 118 valence electrons. The highest BCUT2D eigenvalue weighted by atomic mass is 32.2. The van der Waals surface area contributed by atoms with Crippen LogP contribution in [0.15, 0.2) is 24.3 Å². The Morgan fingerprint density at radius 2 is 1.86 bits per heavy atom. The van der Waals surface area contributed by atoms with Gasteiger partial charge in [0.2, 0.25) is 0 Å². The Balaban J connectivity index is 1.99. The molecule has 3 N–H and O–H groups in total. The molecule has 1 atom stereocenters. The third kappa shape index (κ3) is 4.26. The van der Waals surface area contributed by atoms with E-state index >= 15 is 0 Å². The van der Waals surface area contributed by atoms with Crippen LogP contribution >= 0.6 is 0 Å².